The molecule has 1 aliphatic rings. The fourth-order valence-corrected chi connectivity index (χ4v) is 2.67. The maximum Gasteiger partial charge on any atom is 0.255 e. The van der Waals surface area contributed by atoms with Crippen LogP contribution in [-0.4, -0.2) is 17.9 Å². The largest absolute Gasteiger partial charge is 0.320 e. The lowest BCUT2D eigenvalue weighted by Gasteiger charge is -2.24. The van der Waals surface area contributed by atoms with Crippen LogP contribution in [0.2, 0.25) is 0 Å². The van der Waals surface area contributed by atoms with Gasteiger partial charge in [-0.2, -0.15) is 0 Å². The summed E-state index contributed by atoms with van der Waals surface area (Å²) in [6.45, 7) is 3.42. The predicted molar refractivity (Wildman–Crippen MR) is 91.7 cm³/mol. The Morgan fingerprint density at radius 2 is 1.79 bits per heavy atom. The van der Waals surface area contributed by atoms with Crippen LogP contribution in [-0.2, 0) is 4.79 Å². The second kappa shape index (κ2) is 6.43. The first-order chi connectivity index (χ1) is 11.5. The van der Waals surface area contributed by atoms with Gasteiger partial charge in [0.25, 0.3) is 5.91 Å². The first-order valence-corrected chi connectivity index (χ1v) is 7.93. The molecule has 124 valence electrons. The van der Waals surface area contributed by atoms with Crippen molar-refractivity contribution < 1.29 is 14.0 Å². The zero-order chi connectivity index (χ0) is 17.3. The molecular weight excluding hydrogens is 307 g/mol. The number of carbonyl (C=O) groups is 2. The van der Waals surface area contributed by atoms with Crippen LogP contribution >= 0.6 is 0 Å². The zero-order valence-electron chi connectivity index (χ0n) is 13.7. The summed E-state index contributed by atoms with van der Waals surface area (Å²) in [5.74, 6) is -0.909. The molecule has 5 heteroatoms. The molecule has 24 heavy (non-hydrogen) atoms. The zero-order valence-corrected chi connectivity index (χ0v) is 13.7. The van der Waals surface area contributed by atoms with Crippen LogP contribution in [0.1, 0.15) is 35.7 Å². The molecule has 0 saturated heterocycles. The smallest absolute Gasteiger partial charge is 0.255 e. The molecule has 1 fully saturated rings. The molecule has 0 aromatic heterocycles. The van der Waals surface area contributed by atoms with E-state index in [1.54, 1.807) is 23.1 Å². The summed E-state index contributed by atoms with van der Waals surface area (Å²) in [5.41, 5.74) is 2.38. The number of amides is 2. The minimum atomic E-state index is -0.461. The third-order valence-corrected chi connectivity index (χ3v) is 4.03. The number of anilines is 2. The second-order valence-corrected chi connectivity index (χ2v) is 6.10. The van der Waals surface area contributed by atoms with Gasteiger partial charge in [0, 0.05) is 18.5 Å². The fraction of sp³-hybridized carbons (Fsp3) is 0.263. The van der Waals surface area contributed by atoms with Gasteiger partial charge in [-0.05, 0) is 50.1 Å². The third kappa shape index (κ3) is 3.45. The van der Waals surface area contributed by atoms with Gasteiger partial charge < -0.3 is 10.2 Å². The van der Waals surface area contributed by atoms with E-state index in [0.717, 1.165) is 18.4 Å². The lowest BCUT2D eigenvalue weighted by Crippen LogP contribution is -2.31. The number of carbonyl (C=O) groups excluding carboxylic acids is 2. The van der Waals surface area contributed by atoms with Crippen LogP contribution in [0, 0.1) is 12.7 Å². The molecule has 2 aromatic carbocycles. The summed E-state index contributed by atoms with van der Waals surface area (Å²) in [5, 5.41) is 2.73. The molecule has 0 spiro atoms. The van der Waals surface area contributed by atoms with Crippen LogP contribution in [0.25, 0.3) is 0 Å². The highest BCUT2D eigenvalue weighted by Crippen LogP contribution is 2.36. The van der Waals surface area contributed by atoms with Crippen LogP contribution in [0.4, 0.5) is 15.8 Å². The van der Waals surface area contributed by atoms with E-state index in [-0.39, 0.29) is 17.9 Å². The fourth-order valence-electron chi connectivity index (χ4n) is 2.67. The van der Waals surface area contributed by atoms with Crippen molar-refractivity contribution in [1.29, 1.82) is 0 Å². The van der Waals surface area contributed by atoms with Gasteiger partial charge in [-0.3, -0.25) is 9.59 Å². The summed E-state index contributed by atoms with van der Waals surface area (Å²) >= 11 is 0. The van der Waals surface area contributed by atoms with E-state index >= 15 is 0 Å². The number of rotatable bonds is 4. The van der Waals surface area contributed by atoms with Crippen LogP contribution in [0.5, 0.6) is 0 Å². The lowest BCUT2D eigenvalue weighted by atomic mass is 10.1. The summed E-state index contributed by atoms with van der Waals surface area (Å²) in [6.07, 6.45) is 1.84. The number of halogens is 1. The third-order valence-electron chi connectivity index (χ3n) is 4.03. The van der Waals surface area contributed by atoms with E-state index in [2.05, 4.69) is 5.32 Å². The Balaban J connectivity index is 1.91. The number of nitrogens with one attached hydrogen (secondary N) is 1. The maximum absolute atomic E-state index is 13.7. The van der Waals surface area contributed by atoms with Gasteiger partial charge in [0.1, 0.15) is 5.82 Å². The molecule has 2 aromatic rings. The van der Waals surface area contributed by atoms with Crippen molar-refractivity contribution >= 4 is 23.2 Å². The average molecular weight is 326 g/mol. The number of hydrogen-bond donors (Lipinski definition) is 1. The molecule has 0 unspecified atom stereocenters. The lowest BCUT2D eigenvalue weighted by molar-refractivity contribution is -0.116. The summed E-state index contributed by atoms with van der Waals surface area (Å²) in [4.78, 5) is 26.0. The van der Waals surface area contributed by atoms with Gasteiger partial charge in [0.05, 0.1) is 11.4 Å². The molecule has 4 nitrogen and oxygen atoms in total. The molecule has 2 amide bonds. The van der Waals surface area contributed by atoms with E-state index in [0.29, 0.717) is 16.9 Å². The second-order valence-electron chi connectivity index (χ2n) is 6.10. The minimum Gasteiger partial charge on any atom is -0.320 e. The average Bonchev–Trinajstić information content (AvgIpc) is 3.35. The van der Waals surface area contributed by atoms with E-state index in [4.69, 9.17) is 0 Å². The van der Waals surface area contributed by atoms with Crippen molar-refractivity contribution in [1.82, 2.24) is 0 Å². The van der Waals surface area contributed by atoms with Crippen LogP contribution in [0.15, 0.2) is 42.5 Å². The van der Waals surface area contributed by atoms with Gasteiger partial charge in [0.15, 0.2) is 0 Å². The summed E-state index contributed by atoms with van der Waals surface area (Å²) in [6, 6.07) is 11.3. The normalized spacial score (nSPS) is 13.5. The highest BCUT2D eigenvalue weighted by atomic mass is 19.1. The molecule has 0 heterocycles. The van der Waals surface area contributed by atoms with Crippen molar-refractivity contribution in [2.24, 2.45) is 0 Å². The highest BCUT2D eigenvalue weighted by Gasteiger charge is 2.33. The molecule has 0 radical (unpaired) electrons. The van der Waals surface area contributed by atoms with Gasteiger partial charge in [0.2, 0.25) is 5.91 Å². The molecule has 0 bridgehead atoms. The van der Waals surface area contributed by atoms with Gasteiger partial charge in [-0.1, -0.05) is 17.7 Å². The van der Waals surface area contributed by atoms with Crippen molar-refractivity contribution in [2.45, 2.75) is 32.7 Å². The van der Waals surface area contributed by atoms with E-state index in [9.17, 15) is 14.0 Å². The quantitative estimate of drug-likeness (QED) is 0.926. The predicted octanol–water partition coefficient (Wildman–Crippen LogP) is 3.90. The molecule has 0 atom stereocenters. The Morgan fingerprint density at radius 1 is 1.12 bits per heavy atom. The monoisotopic (exact) mass is 326 g/mol. The van der Waals surface area contributed by atoms with Gasteiger partial charge in [-0.15, -0.1) is 0 Å². The Labute approximate surface area is 140 Å². The van der Waals surface area contributed by atoms with Crippen molar-refractivity contribution in [3.8, 4) is 0 Å². The number of nitrogens with zero attached hydrogens (tertiary/aromatic N) is 1. The Bertz CT molecular complexity index is 782. The highest BCUT2D eigenvalue weighted by molar-refractivity contribution is 6.07. The SMILES string of the molecule is CC(=O)N(c1ccc(F)cc1NC(=O)c1ccc(C)cc1)C1CC1. The molecular formula is C19H19FN2O2. The van der Waals surface area contributed by atoms with Crippen LogP contribution < -0.4 is 10.2 Å². The summed E-state index contributed by atoms with van der Waals surface area (Å²) < 4.78 is 13.7. The maximum atomic E-state index is 13.7. The van der Waals surface area contributed by atoms with Gasteiger partial charge in [-0.25, -0.2) is 4.39 Å². The standard InChI is InChI=1S/C19H19FN2O2/c1-12-3-5-14(6-4-12)19(24)21-17-11-15(20)7-10-18(17)22(13(2)23)16-8-9-16/h3-7,10-11,16H,8-9H2,1-2H3,(H,21,24). The Morgan fingerprint density at radius 3 is 2.38 bits per heavy atom. The number of aryl methyl sites for hydroxylation is 1. The molecule has 1 saturated carbocycles. The van der Waals surface area contributed by atoms with Crippen molar-refractivity contribution in [3.05, 3.63) is 59.4 Å². The molecule has 3 rings (SSSR count). The molecule has 1 aliphatic carbocycles. The van der Waals surface area contributed by atoms with E-state index in [1.165, 1.54) is 19.1 Å². The Hall–Kier alpha value is -2.69. The number of hydrogen-bond acceptors (Lipinski definition) is 2. The summed E-state index contributed by atoms with van der Waals surface area (Å²) in [7, 11) is 0. The Kier molecular flexibility index (Phi) is 4.34. The van der Waals surface area contributed by atoms with E-state index in [1.807, 2.05) is 19.1 Å². The molecule has 1 N–H and O–H groups in total. The van der Waals surface area contributed by atoms with E-state index < -0.39 is 5.82 Å². The first kappa shape index (κ1) is 16.2. The molecule has 0 aliphatic heterocycles. The topological polar surface area (TPSA) is 49.4 Å². The minimum absolute atomic E-state index is 0.116. The number of benzene rings is 2. The van der Waals surface area contributed by atoms with Crippen molar-refractivity contribution in [3.63, 3.8) is 0 Å². The van der Waals surface area contributed by atoms with Gasteiger partial charge >= 0.3 is 0 Å². The van der Waals surface area contributed by atoms with Crippen molar-refractivity contribution in [2.75, 3.05) is 10.2 Å². The van der Waals surface area contributed by atoms with Crippen LogP contribution in [0.3, 0.4) is 0 Å². The first-order valence-electron chi connectivity index (χ1n) is 7.93.